The fourth-order valence-electron chi connectivity index (χ4n) is 4.07. The number of carbonyl (C=O) groups is 1. The van der Waals surface area contributed by atoms with Crippen molar-refractivity contribution in [3.63, 3.8) is 0 Å². The fraction of sp³-hybridized carbons (Fsp3) is 0.304. The van der Waals surface area contributed by atoms with E-state index in [2.05, 4.69) is 33.2 Å². The second kappa shape index (κ2) is 7.84. The Bertz CT molecular complexity index is 1110. The van der Waals surface area contributed by atoms with E-state index in [0.29, 0.717) is 19.8 Å². The summed E-state index contributed by atoms with van der Waals surface area (Å²) in [5.41, 5.74) is 5.12. The van der Waals surface area contributed by atoms with Gasteiger partial charge in [-0.05, 0) is 47.9 Å². The number of benzene rings is 2. The first kappa shape index (κ1) is 18.7. The molecule has 7 nitrogen and oxygen atoms in total. The quantitative estimate of drug-likeness (QED) is 0.682. The molecule has 0 radical (unpaired) electrons. The minimum absolute atomic E-state index is 0.105. The highest BCUT2D eigenvalue weighted by molar-refractivity contribution is 6.05. The number of carbonyl (C=O) groups excluding carboxylic acids is 1. The smallest absolute Gasteiger partial charge is 0.326 e. The third-order valence-corrected chi connectivity index (χ3v) is 5.72. The van der Waals surface area contributed by atoms with Crippen LogP contribution in [-0.2, 0) is 18.2 Å². The molecule has 30 heavy (non-hydrogen) atoms. The van der Waals surface area contributed by atoms with E-state index in [0.717, 1.165) is 41.8 Å². The summed E-state index contributed by atoms with van der Waals surface area (Å²) in [4.78, 5) is 14.8. The Morgan fingerprint density at radius 2 is 2.00 bits per heavy atom. The molecule has 1 fully saturated rings. The number of nitrogens with zero attached hydrogens (tertiary/aromatic N) is 4. The number of aromatic nitrogens is 1. The van der Waals surface area contributed by atoms with Crippen molar-refractivity contribution in [2.75, 3.05) is 43.1 Å². The van der Waals surface area contributed by atoms with Gasteiger partial charge < -0.3 is 14.6 Å². The predicted octanol–water partition coefficient (Wildman–Crippen LogP) is 3.44. The van der Waals surface area contributed by atoms with Crippen molar-refractivity contribution in [1.29, 1.82) is 0 Å². The van der Waals surface area contributed by atoms with Gasteiger partial charge in [0.25, 0.3) is 0 Å². The fourth-order valence-corrected chi connectivity index (χ4v) is 4.07. The summed E-state index contributed by atoms with van der Waals surface area (Å²) in [7, 11) is 2.05. The molecule has 1 aromatic heterocycles. The molecule has 0 atom stereocenters. The number of nitrogens with one attached hydrogen (secondary N) is 1. The van der Waals surface area contributed by atoms with Gasteiger partial charge in [0.1, 0.15) is 0 Å². The zero-order valence-corrected chi connectivity index (χ0v) is 17.0. The minimum Gasteiger partial charge on any atom is -0.378 e. The lowest BCUT2D eigenvalue weighted by Gasteiger charge is -2.23. The summed E-state index contributed by atoms with van der Waals surface area (Å²) < 4.78 is 7.46. The van der Waals surface area contributed by atoms with Crippen LogP contribution in [0.15, 0.2) is 53.8 Å². The van der Waals surface area contributed by atoms with Crippen LogP contribution in [0.25, 0.3) is 10.9 Å². The molecule has 0 bridgehead atoms. The predicted molar refractivity (Wildman–Crippen MR) is 119 cm³/mol. The lowest BCUT2D eigenvalue weighted by molar-refractivity contribution is 0.0397. The number of hydrogen-bond donors (Lipinski definition) is 1. The highest BCUT2D eigenvalue weighted by atomic mass is 16.5. The first-order valence-electron chi connectivity index (χ1n) is 10.3. The topological polar surface area (TPSA) is 62.1 Å². The molecule has 2 aliphatic heterocycles. The van der Waals surface area contributed by atoms with Crippen LogP contribution in [0.4, 0.5) is 16.2 Å². The van der Waals surface area contributed by atoms with Crippen molar-refractivity contribution in [1.82, 2.24) is 9.58 Å². The first-order valence-corrected chi connectivity index (χ1v) is 10.3. The van der Waals surface area contributed by atoms with E-state index >= 15 is 0 Å². The Balaban J connectivity index is 1.30. The molecule has 3 heterocycles. The van der Waals surface area contributed by atoms with Crippen LogP contribution in [0.2, 0.25) is 0 Å². The molecular formula is C23H25N5O2. The van der Waals surface area contributed by atoms with E-state index in [9.17, 15) is 4.79 Å². The number of ether oxygens (including phenoxy) is 1. The number of morpholine rings is 1. The molecule has 2 amide bonds. The molecule has 1 saturated heterocycles. The summed E-state index contributed by atoms with van der Waals surface area (Å²) in [5, 5.41) is 10.7. The number of hydrazone groups is 1. The van der Waals surface area contributed by atoms with Crippen LogP contribution in [0, 0.1) is 0 Å². The molecule has 1 N–H and O–H groups in total. The number of anilines is 2. The summed E-state index contributed by atoms with van der Waals surface area (Å²) in [6.45, 7) is 3.71. The summed E-state index contributed by atoms with van der Waals surface area (Å²) >= 11 is 0. The van der Waals surface area contributed by atoms with Crippen molar-refractivity contribution < 1.29 is 9.53 Å². The second-order valence-electron chi connectivity index (χ2n) is 7.73. The van der Waals surface area contributed by atoms with Crippen LogP contribution >= 0.6 is 0 Å². The summed E-state index contributed by atoms with van der Waals surface area (Å²) in [6.07, 6.45) is 4.75. The average Bonchev–Trinajstić information content (AvgIpc) is 3.35. The van der Waals surface area contributed by atoms with Crippen LogP contribution in [0.1, 0.15) is 11.1 Å². The number of hydrogen-bond acceptors (Lipinski definition) is 4. The Kier molecular flexibility index (Phi) is 4.88. The van der Waals surface area contributed by atoms with Crippen molar-refractivity contribution in [3.8, 4) is 0 Å². The maximum atomic E-state index is 13.0. The highest BCUT2D eigenvalue weighted by Gasteiger charge is 2.25. The molecule has 7 heteroatoms. The van der Waals surface area contributed by atoms with Gasteiger partial charge in [0.2, 0.25) is 0 Å². The van der Waals surface area contributed by atoms with Gasteiger partial charge in [0, 0.05) is 42.1 Å². The van der Waals surface area contributed by atoms with Gasteiger partial charge in [-0.1, -0.05) is 12.1 Å². The molecule has 3 aromatic rings. The van der Waals surface area contributed by atoms with E-state index in [1.165, 1.54) is 11.1 Å². The van der Waals surface area contributed by atoms with E-state index in [-0.39, 0.29) is 6.03 Å². The Morgan fingerprint density at radius 1 is 1.13 bits per heavy atom. The van der Waals surface area contributed by atoms with E-state index in [4.69, 9.17) is 4.74 Å². The van der Waals surface area contributed by atoms with Crippen LogP contribution in [0.3, 0.4) is 0 Å². The summed E-state index contributed by atoms with van der Waals surface area (Å²) in [6, 6.07) is 14.1. The normalized spacial score (nSPS) is 16.4. The molecule has 0 saturated carbocycles. The van der Waals surface area contributed by atoms with Crippen LogP contribution in [-0.4, -0.2) is 54.7 Å². The minimum atomic E-state index is -0.105. The third-order valence-electron chi connectivity index (χ3n) is 5.72. The van der Waals surface area contributed by atoms with Gasteiger partial charge in [0.15, 0.2) is 0 Å². The Labute approximate surface area is 175 Å². The zero-order valence-electron chi connectivity index (χ0n) is 17.0. The van der Waals surface area contributed by atoms with Gasteiger partial charge in [-0.2, -0.15) is 5.10 Å². The van der Waals surface area contributed by atoms with Crippen molar-refractivity contribution >= 4 is 34.5 Å². The molecule has 154 valence electrons. The molecule has 5 rings (SSSR count). The van der Waals surface area contributed by atoms with Crippen molar-refractivity contribution in [2.45, 2.75) is 6.42 Å². The monoisotopic (exact) mass is 403 g/mol. The first-order chi connectivity index (χ1) is 14.7. The highest BCUT2D eigenvalue weighted by Crippen LogP contribution is 2.33. The number of aryl methyl sites for hydroxylation is 1. The van der Waals surface area contributed by atoms with E-state index in [1.54, 1.807) is 0 Å². The molecular weight excluding hydrogens is 378 g/mol. The van der Waals surface area contributed by atoms with Crippen LogP contribution < -0.4 is 10.2 Å². The molecule has 2 aromatic carbocycles. The maximum Gasteiger partial charge on any atom is 0.326 e. The van der Waals surface area contributed by atoms with Gasteiger partial charge >= 0.3 is 6.03 Å². The van der Waals surface area contributed by atoms with Gasteiger partial charge in [-0.3, -0.25) is 9.91 Å². The second-order valence-corrected chi connectivity index (χ2v) is 7.73. The van der Waals surface area contributed by atoms with Crippen LogP contribution in [0.5, 0.6) is 0 Å². The standard InChI is InChI=1S/C23H25N5O2/c1-26-7-5-18-15-22-19(14-21(18)26)6-8-28(22)23(29)25-20-4-2-3-17(13-20)16-24-27-9-11-30-12-10-27/h2-5,7,13-16H,6,8-12H2,1H3,(H,25,29). The van der Waals surface area contributed by atoms with E-state index < -0.39 is 0 Å². The third kappa shape index (κ3) is 3.64. The maximum absolute atomic E-state index is 13.0. The number of urea groups is 1. The molecule has 0 unspecified atom stereocenters. The Morgan fingerprint density at radius 3 is 2.87 bits per heavy atom. The van der Waals surface area contributed by atoms with Gasteiger partial charge in [0.05, 0.1) is 32.5 Å². The number of rotatable bonds is 3. The Hall–Kier alpha value is -3.32. The average molecular weight is 403 g/mol. The number of fused-ring (bicyclic) bond motifs is 2. The lowest BCUT2D eigenvalue weighted by Crippen LogP contribution is -2.33. The summed E-state index contributed by atoms with van der Waals surface area (Å²) in [5.74, 6) is 0. The van der Waals surface area contributed by atoms with Crippen molar-refractivity contribution in [2.24, 2.45) is 12.1 Å². The SMILES string of the molecule is Cn1ccc2cc3c(cc21)CCN3C(=O)Nc1cccc(C=NN2CCOCC2)c1. The molecule has 2 aliphatic rings. The van der Waals surface area contributed by atoms with E-state index in [1.807, 2.05) is 53.6 Å². The largest absolute Gasteiger partial charge is 0.378 e. The number of amides is 2. The van der Waals surface area contributed by atoms with Crippen molar-refractivity contribution in [3.05, 3.63) is 59.8 Å². The lowest BCUT2D eigenvalue weighted by atomic mass is 10.1. The molecule has 0 spiro atoms. The van der Waals surface area contributed by atoms with Gasteiger partial charge in [-0.25, -0.2) is 4.79 Å². The van der Waals surface area contributed by atoms with Gasteiger partial charge in [-0.15, -0.1) is 0 Å². The molecule has 0 aliphatic carbocycles. The zero-order chi connectivity index (χ0) is 20.5.